The largest absolute Gasteiger partial charge is 1.00 e. The minimum Gasteiger partial charge on any atom is -0.476 e. The minimum atomic E-state index is -1.20. The summed E-state index contributed by atoms with van der Waals surface area (Å²) >= 11 is 28.8. The van der Waals surface area contributed by atoms with E-state index in [0.29, 0.717) is 23.9 Å². The molecule has 0 bridgehead atoms. The van der Waals surface area contributed by atoms with Crippen molar-refractivity contribution in [1.82, 2.24) is 59.8 Å². The lowest BCUT2D eigenvalue weighted by molar-refractivity contribution is -0.0940. The monoisotopic (exact) mass is 1010 g/mol. The van der Waals surface area contributed by atoms with Crippen LogP contribution in [0.1, 0.15) is 64.2 Å². The van der Waals surface area contributed by atoms with Crippen LogP contribution < -0.4 is 5.73 Å². The zero-order valence-corrected chi connectivity index (χ0v) is 38.8. The van der Waals surface area contributed by atoms with Crippen LogP contribution in [0, 0.1) is 6.57 Å². The number of carboxylic acid groups (broad SMARTS) is 1. The summed E-state index contributed by atoms with van der Waals surface area (Å²) in [7, 11) is 3.11. The van der Waals surface area contributed by atoms with Crippen molar-refractivity contribution in [2.75, 3.05) is 40.6 Å². The van der Waals surface area contributed by atoms with Gasteiger partial charge in [-0.2, -0.15) is 0 Å². The summed E-state index contributed by atoms with van der Waals surface area (Å²) in [5.74, 6) is -2.19. The van der Waals surface area contributed by atoms with E-state index >= 15 is 0 Å². The Hall–Kier alpha value is -6.56. The molecule has 0 aliphatic heterocycles. The molecule has 0 saturated carbocycles. The maximum absolute atomic E-state index is 11.6. The van der Waals surface area contributed by atoms with E-state index in [-0.39, 0.29) is 87.1 Å². The number of imidazole rings is 2. The van der Waals surface area contributed by atoms with Gasteiger partial charge in [0.25, 0.3) is 5.82 Å². The zero-order chi connectivity index (χ0) is 49.2. The van der Waals surface area contributed by atoms with E-state index in [0.717, 1.165) is 19.0 Å². The Morgan fingerprint density at radius 2 is 1.03 bits per heavy atom. The number of carbonyl (C=O) groups excluding carboxylic acids is 3. The Balaban J connectivity index is 0.000000426. The number of nitrogens with one attached hydrogen (secondary N) is 2. The van der Waals surface area contributed by atoms with Crippen LogP contribution in [0.3, 0.4) is 0 Å². The molecule has 0 amide bonds. The Kier molecular flexibility index (Phi) is 25.1. The van der Waals surface area contributed by atoms with Gasteiger partial charge in [0.05, 0.1) is 19.8 Å². The first-order valence-corrected chi connectivity index (χ1v) is 20.1. The van der Waals surface area contributed by atoms with Crippen LogP contribution in [0.5, 0.6) is 0 Å². The van der Waals surface area contributed by atoms with Crippen molar-refractivity contribution >= 4 is 87.7 Å². The molecule has 0 aliphatic rings. The number of aromatic amines is 2. The predicted molar refractivity (Wildman–Crippen MR) is 237 cm³/mol. The fourth-order valence-corrected chi connectivity index (χ4v) is 5.17. The lowest BCUT2D eigenvalue weighted by atomic mass is 10.3. The zero-order valence-electron chi connectivity index (χ0n) is 36.0. The molecule has 0 spiro atoms. The third-order valence-corrected chi connectivity index (χ3v) is 8.78. The normalized spacial score (nSPS) is 9.92. The quantitative estimate of drug-likeness (QED) is 0.0338. The molecule has 0 atom stereocenters. The molecule has 350 valence electrons. The van der Waals surface area contributed by atoms with Gasteiger partial charge in [-0.1, -0.05) is 64.6 Å². The summed E-state index contributed by atoms with van der Waals surface area (Å²) in [6, 6.07) is 0. The van der Waals surface area contributed by atoms with Crippen molar-refractivity contribution in [1.29, 1.82) is 0 Å². The molecule has 6 aromatic heterocycles. The van der Waals surface area contributed by atoms with Gasteiger partial charge in [0.2, 0.25) is 6.33 Å². The number of aromatic carboxylic acids is 1. The number of hydrogen-bond donors (Lipinski definition) is 4. The van der Waals surface area contributed by atoms with Crippen LogP contribution in [0.15, 0.2) is 50.1 Å². The maximum Gasteiger partial charge on any atom is 1.00 e. The molecule has 0 aliphatic carbocycles. The highest BCUT2D eigenvalue weighted by Gasteiger charge is 2.21. The van der Waals surface area contributed by atoms with E-state index < -0.39 is 23.9 Å². The average molecular weight is 1020 g/mol. The van der Waals surface area contributed by atoms with E-state index in [1.54, 1.807) is 53.6 Å². The number of rotatable bonds is 12. The number of nitrogens with two attached hydrogens (primary N) is 1. The molecule has 0 saturated heterocycles. The Bertz CT molecular complexity index is 2530. The summed E-state index contributed by atoms with van der Waals surface area (Å²) < 4.78 is 23.6. The van der Waals surface area contributed by atoms with Crippen molar-refractivity contribution in [2.45, 2.75) is 27.1 Å². The Morgan fingerprint density at radius 1 is 0.636 bits per heavy atom. The third kappa shape index (κ3) is 16.8. The predicted octanol–water partition coefficient (Wildman–Crippen LogP) is 6.41. The molecule has 24 nitrogen and oxygen atoms in total. The molecule has 6 aromatic rings. The fourth-order valence-electron chi connectivity index (χ4n) is 4.11. The lowest BCUT2D eigenvalue weighted by Crippen LogP contribution is -2.23. The van der Waals surface area contributed by atoms with E-state index in [1.807, 2.05) is 0 Å². The first-order chi connectivity index (χ1) is 31.6. The Morgan fingerprint density at radius 3 is 1.39 bits per heavy atom. The highest BCUT2D eigenvalue weighted by Crippen LogP contribution is 2.27. The number of methoxy groups -OCH3 is 2. The van der Waals surface area contributed by atoms with Gasteiger partial charge in [0.15, 0.2) is 45.9 Å². The second-order valence-electron chi connectivity index (χ2n) is 11.0. The molecule has 0 unspecified atom stereocenters. The maximum atomic E-state index is 11.6. The number of ether oxygens (including phenoxy) is 5. The molecule has 6 rings (SSSR count). The molecule has 0 radical (unpaired) electrons. The van der Waals surface area contributed by atoms with Gasteiger partial charge >= 0.3 is 25.3 Å². The second kappa shape index (κ2) is 29.8. The molecule has 0 fully saturated rings. The van der Waals surface area contributed by atoms with Crippen molar-refractivity contribution < 1.29 is 49.4 Å². The molecule has 6 heterocycles. The van der Waals surface area contributed by atoms with Gasteiger partial charge in [-0.25, -0.2) is 64.0 Å². The second-order valence-corrected chi connectivity index (χ2v) is 12.9. The average Bonchev–Trinajstić information content (AvgIpc) is 4.06. The van der Waals surface area contributed by atoms with Crippen LogP contribution in [0.25, 0.3) is 27.9 Å². The van der Waals surface area contributed by atoms with Crippen LogP contribution >= 0.6 is 58.0 Å². The number of H-pyrrole nitrogens is 2. The summed E-state index contributed by atoms with van der Waals surface area (Å²) in [6.07, 6.45) is 10.7. The molecule has 5 N–H and O–H groups in total. The number of hydrogen-bond acceptors (Lipinski definition) is 20. The summed E-state index contributed by atoms with van der Waals surface area (Å²) in [6.45, 7) is 12.9. The number of nitrogens with zero attached hydrogens (tertiary/aromatic N) is 11. The van der Waals surface area contributed by atoms with Gasteiger partial charge in [-0.15, -0.1) is 4.98 Å². The molecular weight excluding hydrogens is 978 g/mol. The van der Waals surface area contributed by atoms with Crippen molar-refractivity contribution in [3.63, 3.8) is 0 Å². The molecular formula is C37H38Cl5N14O10+. The van der Waals surface area contributed by atoms with E-state index in [1.165, 1.54) is 12.5 Å². The van der Waals surface area contributed by atoms with Gasteiger partial charge in [-0.05, 0) is 20.8 Å². The number of halogens is 5. The van der Waals surface area contributed by atoms with Crippen molar-refractivity contribution in [3.05, 3.63) is 110 Å². The topological polar surface area (TPSA) is 326 Å². The van der Waals surface area contributed by atoms with Gasteiger partial charge in [0.1, 0.15) is 50.5 Å². The third-order valence-electron chi connectivity index (χ3n) is 6.98. The van der Waals surface area contributed by atoms with E-state index in [9.17, 15) is 19.2 Å². The number of carboxylic acids is 1. The molecule has 29 heteroatoms. The van der Waals surface area contributed by atoms with Crippen LogP contribution in [-0.2, 0) is 23.7 Å². The van der Waals surface area contributed by atoms with Gasteiger partial charge in [-0.3, -0.25) is 0 Å². The standard InChI is InChI=1S/C10H9ClN4O2.C8H5ClN4O2.C8H6ClN3O2.C7H6Cl2N2O2.C4H11NO2/c1-2-17-10(16)8-6(11)7(14-5-15-8)9-12-3-4-13-9;9-4-5(7-10-1-2-11-7)12-3-13-6(4)8(14)15;1-3-14-8(13)6-5(9)7(10-2)12-4-11-6;1-2-13-7(12)5-4(8)6(9)11-3-10-5;1-6-4(3-5)7-2/h3-5H,2H2,1H3,(H,12,13);1-3H,(H,10,11)(H,14,15);4H,3H2,1H3;3H,2H2,1H3;4H,3,5H2,1-2H3/p+1. The van der Waals surface area contributed by atoms with Crippen LogP contribution in [-0.4, -0.2) is 136 Å². The number of esters is 3. The van der Waals surface area contributed by atoms with Crippen molar-refractivity contribution in [3.8, 4) is 23.0 Å². The summed E-state index contributed by atoms with van der Waals surface area (Å²) in [5, 5.41) is 8.87. The lowest BCUT2D eigenvalue weighted by Gasteiger charge is -2.08. The van der Waals surface area contributed by atoms with E-state index in [4.69, 9.17) is 99.1 Å². The Labute approximate surface area is 401 Å². The molecule has 66 heavy (non-hydrogen) atoms. The highest BCUT2D eigenvalue weighted by molar-refractivity contribution is 6.42. The molecule has 0 aromatic carbocycles. The van der Waals surface area contributed by atoms with E-state index in [2.05, 4.69) is 64.7 Å². The SMILES string of the molecule is CCOC(=O)c1ncnc(-c2ncc[nH]2)c1Cl.CCOC(=O)c1ncnc(Cl)c1Cl.COC(CN)OC.O=C(O)c1ncnc(-c2ncc[nH]2)c1Cl.[C-]#[N+]c1ncnc(C(=O)OCC)c1Cl.[H+]. The van der Waals surface area contributed by atoms with Gasteiger partial charge < -0.3 is 49.3 Å². The summed E-state index contributed by atoms with van der Waals surface area (Å²) in [4.78, 5) is 91.0. The van der Waals surface area contributed by atoms with Gasteiger partial charge in [0, 0.05) is 45.6 Å². The van der Waals surface area contributed by atoms with Crippen LogP contribution in [0.4, 0.5) is 5.82 Å². The minimum absolute atomic E-state index is 0. The fraction of sp³-hybridized carbons (Fsp3) is 0.270. The first kappa shape index (κ1) is 55.6. The first-order valence-electron chi connectivity index (χ1n) is 18.2. The number of aromatic nitrogens is 12. The van der Waals surface area contributed by atoms with Crippen molar-refractivity contribution in [2.24, 2.45) is 5.73 Å². The smallest absolute Gasteiger partial charge is 0.476 e. The highest BCUT2D eigenvalue weighted by atomic mass is 35.5. The van der Waals surface area contributed by atoms with Crippen LogP contribution in [0.2, 0.25) is 25.2 Å². The summed E-state index contributed by atoms with van der Waals surface area (Å²) in [5.41, 5.74) is 5.50. The number of carbonyl (C=O) groups is 4.